The molecule has 0 N–H and O–H groups in total. The summed E-state index contributed by atoms with van der Waals surface area (Å²) in [5.74, 6) is 0.476. The first kappa shape index (κ1) is 16.4. The number of rotatable bonds is 5. The van der Waals surface area contributed by atoms with Crippen LogP contribution in [0.4, 0.5) is 5.69 Å². The molecule has 0 aliphatic carbocycles. The summed E-state index contributed by atoms with van der Waals surface area (Å²) in [7, 11) is -0.812. The van der Waals surface area contributed by atoms with Gasteiger partial charge in [-0.05, 0) is 30.5 Å². The molecule has 3 atom stereocenters. The van der Waals surface area contributed by atoms with Gasteiger partial charge in [0.15, 0.2) is 0 Å². The molecule has 5 heteroatoms. The molecule has 2 aromatic carbocycles. The van der Waals surface area contributed by atoms with E-state index < -0.39 is 8.45 Å². The largest absolute Gasteiger partial charge is 0.318 e. The lowest BCUT2D eigenvalue weighted by atomic mass is 10.1. The molecule has 2 aromatic rings. The van der Waals surface area contributed by atoms with Gasteiger partial charge in [0, 0.05) is 24.8 Å². The standard InChI is InChI=1S/C19H22ClN2OP/c20-14-19(16-8-3-1-4-9-16)23-24-21-13-7-12-18(21)15-22(24)17-10-5-2-6-11-17/h1-6,8-11,18-19H,7,12-15H2. The lowest BCUT2D eigenvalue weighted by Crippen LogP contribution is -2.20. The van der Waals surface area contributed by atoms with Crippen molar-refractivity contribution in [2.75, 3.05) is 23.6 Å². The van der Waals surface area contributed by atoms with Crippen LogP contribution in [0.2, 0.25) is 0 Å². The SMILES string of the molecule is ClCC(OP1N(c2ccccc2)CC2CCCN21)c1ccccc1. The highest BCUT2D eigenvalue weighted by Crippen LogP contribution is 2.58. The maximum absolute atomic E-state index is 6.61. The molecular weight excluding hydrogens is 339 g/mol. The summed E-state index contributed by atoms with van der Waals surface area (Å²) >= 11 is 6.27. The van der Waals surface area contributed by atoms with Gasteiger partial charge in [-0.25, -0.2) is 4.67 Å². The Morgan fingerprint density at radius 3 is 2.50 bits per heavy atom. The first-order valence-corrected chi connectivity index (χ1v) is 10.2. The summed E-state index contributed by atoms with van der Waals surface area (Å²) < 4.78 is 11.6. The molecule has 3 nitrogen and oxygen atoms in total. The number of alkyl halides is 1. The molecule has 24 heavy (non-hydrogen) atoms. The smallest absolute Gasteiger partial charge is 0.219 e. The Kier molecular flexibility index (Phi) is 5.05. The summed E-state index contributed by atoms with van der Waals surface area (Å²) in [4.78, 5) is 0. The third kappa shape index (κ3) is 3.19. The normalized spacial score (nSPS) is 25.0. The van der Waals surface area contributed by atoms with Gasteiger partial charge in [0.05, 0.1) is 5.88 Å². The zero-order chi connectivity index (χ0) is 16.4. The van der Waals surface area contributed by atoms with Crippen LogP contribution in [-0.2, 0) is 4.52 Å². The Hall–Kier alpha value is -1.12. The van der Waals surface area contributed by atoms with Crippen LogP contribution in [0.25, 0.3) is 0 Å². The number of fused-ring (bicyclic) bond motifs is 1. The molecule has 0 saturated carbocycles. The fourth-order valence-corrected chi connectivity index (χ4v) is 6.23. The monoisotopic (exact) mass is 360 g/mol. The van der Waals surface area contributed by atoms with Crippen LogP contribution in [0.15, 0.2) is 60.7 Å². The van der Waals surface area contributed by atoms with Crippen LogP contribution in [0, 0.1) is 0 Å². The number of hydrogen-bond acceptors (Lipinski definition) is 3. The summed E-state index contributed by atoms with van der Waals surface area (Å²) in [6.07, 6.45) is 2.47. The van der Waals surface area contributed by atoms with Crippen molar-refractivity contribution in [2.24, 2.45) is 0 Å². The topological polar surface area (TPSA) is 15.7 Å². The molecule has 2 aliphatic heterocycles. The van der Waals surface area contributed by atoms with Gasteiger partial charge in [-0.1, -0.05) is 48.5 Å². The van der Waals surface area contributed by atoms with Crippen molar-refractivity contribution in [3.8, 4) is 0 Å². The predicted molar refractivity (Wildman–Crippen MR) is 101 cm³/mol. The van der Waals surface area contributed by atoms with E-state index in [1.165, 1.54) is 18.5 Å². The van der Waals surface area contributed by atoms with Crippen molar-refractivity contribution >= 4 is 25.7 Å². The highest BCUT2D eigenvalue weighted by molar-refractivity contribution is 7.52. The second-order valence-corrected chi connectivity index (χ2v) is 8.31. The number of anilines is 1. The zero-order valence-electron chi connectivity index (χ0n) is 13.6. The van der Waals surface area contributed by atoms with E-state index in [0.29, 0.717) is 11.9 Å². The maximum atomic E-state index is 6.61. The van der Waals surface area contributed by atoms with Crippen LogP contribution >= 0.6 is 20.1 Å². The van der Waals surface area contributed by atoms with Crippen LogP contribution in [-0.4, -0.2) is 29.7 Å². The van der Waals surface area contributed by atoms with Crippen LogP contribution in [0.5, 0.6) is 0 Å². The minimum absolute atomic E-state index is 0.0652. The Balaban J connectivity index is 1.60. The number of para-hydroxylation sites is 1. The fourth-order valence-electron chi connectivity index (χ4n) is 3.52. The molecule has 126 valence electrons. The van der Waals surface area contributed by atoms with Crippen molar-refractivity contribution in [2.45, 2.75) is 25.0 Å². The molecule has 0 aromatic heterocycles. The molecule has 2 fully saturated rings. The van der Waals surface area contributed by atoms with E-state index in [9.17, 15) is 0 Å². The lowest BCUT2D eigenvalue weighted by molar-refractivity contribution is 0.236. The van der Waals surface area contributed by atoms with Crippen LogP contribution < -0.4 is 4.67 Å². The lowest BCUT2D eigenvalue weighted by Gasteiger charge is -2.32. The Bertz CT molecular complexity index is 657. The predicted octanol–water partition coefficient (Wildman–Crippen LogP) is 5.19. The van der Waals surface area contributed by atoms with Gasteiger partial charge in [0.25, 0.3) is 0 Å². The first-order chi connectivity index (χ1) is 11.9. The Morgan fingerprint density at radius 2 is 1.79 bits per heavy atom. The quantitative estimate of drug-likeness (QED) is 0.538. The van der Waals surface area contributed by atoms with Crippen molar-refractivity contribution in [3.05, 3.63) is 66.2 Å². The third-order valence-electron chi connectivity index (χ3n) is 4.74. The van der Waals surface area contributed by atoms with E-state index in [2.05, 4.69) is 51.8 Å². The van der Waals surface area contributed by atoms with E-state index in [0.717, 1.165) is 18.7 Å². The van der Waals surface area contributed by atoms with Gasteiger partial charge >= 0.3 is 0 Å². The second-order valence-electron chi connectivity index (χ2n) is 6.29. The average Bonchev–Trinajstić information content (AvgIpc) is 3.23. The molecule has 0 radical (unpaired) electrons. The molecule has 2 aliphatic rings. The van der Waals surface area contributed by atoms with Gasteiger partial charge in [-0.2, -0.15) is 0 Å². The van der Waals surface area contributed by atoms with Gasteiger partial charge in [-0.15, -0.1) is 11.6 Å². The van der Waals surface area contributed by atoms with Crippen LogP contribution in [0.3, 0.4) is 0 Å². The van der Waals surface area contributed by atoms with Crippen molar-refractivity contribution in [1.82, 2.24) is 4.67 Å². The zero-order valence-corrected chi connectivity index (χ0v) is 15.2. The summed E-state index contributed by atoms with van der Waals surface area (Å²) in [6.45, 7) is 2.18. The Morgan fingerprint density at radius 1 is 1.08 bits per heavy atom. The minimum atomic E-state index is -0.812. The number of nitrogens with zero attached hydrogens (tertiary/aromatic N) is 2. The van der Waals surface area contributed by atoms with Crippen molar-refractivity contribution < 1.29 is 4.52 Å². The van der Waals surface area contributed by atoms with Crippen molar-refractivity contribution in [1.29, 1.82) is 0 Å². The van der Waals surface area contributed by atoms with E-state index in [-0.39, 0.29) is 6.10 Å². The molecule has 0 spiro atoms. The minimum Gasteiger partial charge on any atom is -0.318 e. The van der Waals surface area contributed by atoms with E-state index in [4.69, 9.17) is 16.1 Å². The fraction of sp³-hybridized carbons (Fsp3) is 0.368. The van der Waals surface area contributed by atoms with Gasteiger partial charge < -0.3 is 9.19 Å². The number of halogens is 1. The molecule has 2 saturated heterocycles. The summed E-state index contributed by atoms with van der Waals surface area (Å²) in [5, 5.41) is 0. The maximum Gasteiger partial charge on any atom is 0.219 e. The van der Waals surface area contributed by atoms with Gasteiger partial charge in [-0.3, -0.25) is 0 Å². The van der Waals surface area contributed by atoms with Gasteiger partial charge in [0.2, 0.25) is 8.45 Å². The molecule has 4 rings (SSSR count). The van der Waals surface area contributed by atoms with E-state index in [1.54, 1.807) is 0 Å². The second kappa shape index (κ2) is 7.41. The summed E-state index contributed by atoms with van der Waals surface area (Å²) in [5.41, 5.74) is 2.41. The van der Waals surface area contributed by atoms with E-state index >= 15 is 0 Å². The van der Waals surface area contributed by atoms with Crippen molar-refractivity contribution in [3.63, 3.8) is 0 Å². The molecule has 0 amide bonds. The number of hydrogen-bond donors (Lipinski definition) is 0. The highest BCUT2D eigenvalue weighted by atomic mass is 35.5. The first-order valence-electron chi connectivity index (χ1n) is 8.53. The van der Waals surface area contributed by atoms with Gasteiger partial charge in [0.1, 0.15) is 6.10 Å². The summed E-state index contributed by atoms with van der Waals surface area (Å²) in [6, 6.07) is 21.6. The number of benzene rings is 2. The Labute approximate surface area is 150 Å². The molecule has 2 heterocycles. The molecule has 3 unspecified atom stereocenters. The molecule has 0 bridgehead atoms. The average molecular weight is 361 g/mol. The molecular formula is C19H22ClN2OP. The highest BCUT2D eigenvalue weighted by Gasteiger charge is 2.45. The van der Waals surface area contributed by atoms with Crippen LogP contribution in [0.1, 0.15) is 24.5 Å². The third-order valence-corrected chi connectivity index (χ3v) is 7.24. The van der Waals surface area contributed by atoms with E-state index in [1.807, 2.05) is 18.2 Å².